The highest BCUT2D eigenvalue weighted by atomic mass is 35.5. The zero-order valence-corrected chi connectivity index (χ0v) is 15.5. The molecule has 1 aromatic heterocycles. The van der Waals surface area contributed by atoms with Gasteiger partial charge < -0.3 is 15.4 Å². The van der Waals surface area contributed by atoms with Crippen LogP contribution in [0.1, 0.15) is 22.5 Å². The lowest BCUT2D eigenvalue weighted by Gasteiger charge is -2.14. The van der Waals surface area contributed by atoms with E-state index >= 15 is 0 Å². The zero-order chi connectivity index (χ0) is 17.7. The third kappa shape index (κ3) is 4.20. The number of hydrogen-bond donors (Lipinski definition) is 2. The molecule has 0 aliphatic heterocycles. The molecule has 0 fully saturated rings. The van der Waals surface area contributed by atoms with Gasteiger partial charge in [0.2, 0.25) is 0 Å². The summed E-state index contributed by atoms with van der Waals surface area (Å²) in [5.41, 5.74) is 4.37. The second-order valence-corrected chi connectivity index (χ2v) is 5.94. The van der Waals surface area contributed by atoms with Gasteiger partial charge in [-0.3, -0.25) is 9.67 Å². The summed E-state index contributed by atoms with van der Waals surface area (Å²) < 4.78 is 7.25. The lowest BCUT2D eigenvalue weighted by Crippen LogP contribution is -2.36. The van der Waals surface area contributed by atoms with Crippen molar-refractivity contribution in [1.82, 2.24) is 20.4 Å². The van der Waals surface area contributed by atoms with Crippen LogP contribution in [0.2, 0.25) is 5.02 Å². The zero-order valence-electron chi connectivity index (χ0n) is 14.8. The van der Waals surface area contributed by atoms with Crippen molar-refractivity contribution in [2.24, 2.45) is 12.0 Å². The minimum atomic E-state index is 0.588. The highest BCUT2D eigenvalue weighted by Gasteiger charge is 2.10. The summed E-state index contributed by atoms with van der Waals surface area (Å²) in [7, 11) is 5.33. The van der Waals surface area contributed by atoms with Crippen molar-refractivity contribution in [1.29, 1.82) is 0 Å². The Balaban J connectivity index is 1.98. The monoisotopic (exact) mass is 349 g/mol. The van der Waals surface area contributed by atoms with E-state index in [0.29, 0.717) is 18.1 Å². The molecule has 0 radical (unpaired) electrons. The first kappa shape index (κ1) is 18.1. The first-order valence-electron chi connectivity index (χ1n) is 7.72. The summed E-state index contributed by atoms with van der Waals surface area (Å²) >= 11 is 5.99. The summed E-state index contributed by atoms with van der Waals surface area (Å²) in [6.45, 7) is 5.33. The molecular weight excluding hydrogens is 326 g/mol. The van der Waals surface area contributed by atoms with Crippen LogP contribution in [0.5, 0.6) is 5.75 Å². The van der Waals surface area contributed by atoms with Crippen LogP contribution < -0.4 is 15.4 Å². The van der Waals surface area contributed by atoms with Crippen molar-refractivity contribution >= 4 is 17.6 Å². The Kier molecular flexibility index (Phi) is 6.09. The number of benzene rings is 1. The van der Waals surface area contributed by atoms with Crippen LogP contribution in [0.15, 0.2) is 23.2 Å². The largest absolute Gasteiger partial charge is 0.496 e. The maximum atomic E-state index is 5.99. The van der Waals surface area contributed by atoms with E-state index in [-0.39, 0.29) is 0 Å². The summed E-state index contributed by atoms with van der Waals surface area (Å²) in [5.74, 6) is 1.47. The van der Waals surface area contributed by atoms with Gasteiger partial charge in [0, 0.05) is 49.0 Å². The van der Waals surface area contributed by atoms with Crippen LogP contribution in [0.25, 0.3) is 0 Å². The molecule has 0 atom stereocenters. The SMILES string of the molecule is CN=C(NCc1ccc(Cl)cc1OC)NCc1c(C)nn(C)c1C. The highest BCUT2D eigenvalue weighted by molar-refractivity contribution is 6.30. The van der Waals surface area contributed by atoms with Crippen LogP contribution in [0, 0.1) is 13.8 Å². The van der Waals surface area contributed by atoms with Crippen molar-refractivity contribution in [3.05, 3.63) is 45.7 Å². The third-order valence-corrected chi connectivity index (χ3v) is 4.25. The van der Waals surface area contributed by atoms with Crippen LogP contribution >= 0.6 is 11.6 Å². The van der Waals surface area contributed by atoms with E-state index in [1.807, 2.05) is 30.8 Å². The number of aryl methyl sites for hydroxylation is 2. The van der Waals surface area contributed by atoms with Gasteiger partial charge in [0.1, 0.15) is 5.75 Å². The smallest absolute Gasteiger partial charge is 0.191 e. The van der Waals surface area contributed by atoms with Crippen molar-refractivity contribution in [2.45, 2.75) is 26.9 Å². The standard InChI is InChI=1S/C17H24ClN5O/c1-11-15(12(2)23(4)22-11)10-21-17(19-3)20-9-13-6-7-14(18)8-16(13)24-5/h6-8H,9-10H2,1-5H3,(H2,19,20,21). The fraction of sp³-hybridized carbons (Fsp3) is 0.412. The quantitative estimate of drug-likeness (QED) is 0.643. The average molecular weight is 350 g/mol. The molecule has 0 unspecified atom stereocenters. The lowest BCUT2D eigenvalue weighted by atomic mass is 10.2. The maximum Gasteiger partial charge on any atom is 0.191 e. The molecule has 0 aliphatic carbocycles. The Labute approximate surface area is 147 Å². The van der Waals surface area contributed by atoms with Gasteiger partial charge in [-0.05, 0) is 26.0 Å². The van der Waals surface area contributed by atoms with E-state index in [1.165, 1.54) is 5.56 Å². The highest BCUT2D eigenvalue weighted by Crippen LogP contribution is 2.22. The van der Waals surface area contributed by atoms with Gasteiger partial charge in [-0.15, -0.1) is 0 Å². The fourth-order valence-corrected chi connectivity index (χ4v) is 2.67. The van der Waals surface area contributed by atoms with Crippen LogP contribution in [0.4, 0.5) is 0 Å². The van der Waals surface area contributed by atoms with Gasteiger partial charge in [0.15, 0.2) is 5.96 Å². The molecule has 0 amide bonds. The summed E-state index contributed by atoms with van der Waals surface area (Å²) in [4.78, 5) is 4.26. The summed E-state index contributed by atoms with van der Waals surface area (Å²) in [6.07, 6.45) is 0. The molecule has 6 nitrogen and oxygen atoms in total. The number of aliphatic imine (C=N–C) groups is 1. The number of rotatable bonds is 5. The average Bonchev–Trinajstić information content (AvgIpc) is 2.81. The molecular formula is C17H24ClN5O. The Hall–Kier alpha value is -2.21. The molecule has 2 N–H and O–H groups in total. The number of halogens is 1. The molecule has 1 heterocycles. The molecule has 2 rings (SSSR count). The topological polar surface area (TPSA) is 63.5 Å². The molecule has 1 aromatic carbocycles. The number of aromatic nitrogens is 2. The molecule has 0 aliphatic rings. The van der Waals surface area contributed by atoms with Gasteiger partial charge in [0.25, 0.3) is 0 Å². The van der Waals surface area contributed by atoms with E-state index in [1.54, 1.807) is 20.2 Å². The number of hydrogen-bond acceptors (Lipinski definition) is 3. The van der Waals surface area contributed by atoms with Crippen molar-refractivity contribution in [3.8, 4) is 5.75 Å². The predicted molar refractivity (Wildman–Crippen MR) is 97.7 cm³/mol. The second-order valence-electron chi connectivity index (χ2n) is 5.51. The molecule has 0 saturated carbocycles. The minimum absolute atomic E-state index is 0.588. The fourth-order valence-electron chi connectivity index (χ4n) is 2.51. The van der Waals surface area contributed by atoms with Crippen molar-refractivity contribution in [3.63, 3.8) is 0 Å². The summed E-state index contributed by atoms with van der Waals surface area (Å²) in [6, 6.07) is 5.59. The first-order chi connectivity index (χ1) is 11.5. The van der Waals surface area contributed by atoms with Crippen LogP contribution in [0.3, 0.4) is 0 Å². The van der Waals surface area contributed by atoms with Gasteiger partial charge in [-0.2, -0.15) is 5.10 Å². The van der Waals surface area contributed by atoms with Gasteiger partial charge in [-0.1, -0.05) is 17.7 Å². The Morgan fingerprint density at radius 1 is 1.29 bits per heavy atom. The molecule has 0 bridgehead atoms. The molecule has 7 heteroatoms. The second kappa shape index (κ2) is 8.06. The van der Waals surface area contributed by atoms with Gasteiger partial charge in [0.05, 0.1) is 12.8 Å². The lowest BCUT2D eigenvalue weighted by molar-refractivity contribution is 0.409. The molecule has 24 heavy (non-hydrogen) atoms. The van der Waals surface area contributed by atoms with Crippen LogP contribution in [-0.2, 0) is 20.1 Å². The van der Waals surface area contributed by atoms with E-state index in [0.717, 1.165) is 28.7 Å². The van der Waals surface area contributed by atoms with E-state index < -0.39 is 0 Å². The summed E-state index contributed by atoms with van der Waals surface area (Å²) in [5, 5.41) is 11.7. The normalized spacial score (nSPS) is 11.5. The van der Waals surface area contributed by atoms with Crippen molar-refractivity contribution in [2.75, 3.05) is 14.2 Å². The van der Waals surface area contributed by atoms with E-state index in [4.69, 9.17) is 16.3 Å². The number of nitrogens with zero attached hydrogens (tertiary/aromatic N) is 3. The van der Waals surface area contributed by atoms with E-state index in [9.17, 15) is 0 Å². The molecule has 0 saturated heterocycles. The molecule has 2 aromatic rings. The predicted octanol–water partition coefficient (Wildman–Crippen LogP) is 2.56. The number of nitrogens with one attached hydrogen (secondary N) is 2. The Morgan fingerprint density at radius 2 is 2.00 bits per heavy atom. The molecule has 130 valence electrons. The van der Waals surface area contributed by atoms with Crippen molar-refractivity contribution < 1.29 is 4.74 Å². The number of methoxy groups -OCH3 is 1. The van der Waals surface area contributed by atoms with E-state index in [2.05, 4.69) is 27.6 Å². The first-order valence-corrected chi connectivity index (χ1v) is 8.10. The Morgan fingerprint density at radius 3 is 2.58 bits per heavy atom. The number of ether oxygens (including phenoxy) is 1. The Bertz CT molecular complexity index is 739. The van der Waals surface area contributed by atoms with Gasteiger partial charge in [-0.25, -0.2) is 0 Å². The third-order valence-electron chi connectivity index (χ3n) is 4.01. The van der Waals surface area contributed by atoms with Crippen LogP contribution in [-0.4, -0.2) is 29.9 Å². The number of guanidine groups is 1. The molecule has 0 spiro atoms. The minimum Gasteiger partial charge on any atom is -0.496 e. The maximum absolute atomic E-state index is 5.99. The van der Waals surface area contributed by atoms with Gasteiger partial charge >= 0.3 is 0 Å².